The molecule has 0 spiro atoms. The van der Waals surface area contributed by atoms with Crippen molar-refractivity contribution in [3.8, 4) is 0 Å². The van der Waals surface area contributed by atoms with E-state index < -0.39 is 0 Å². The molecule has 0 saturated carbocycles. The van der Waals surface area contributed by atoms with Crippen molar-refractivity contribution in [1.29, 1.82) is 0 Å². The van der Waals surface area contributed by atoms with Gasteiger partial charge < -0.3 is 0 Å². The van der Waals surface area contributed by atoms with Crippen molar-refractivity contribution in [2.75, 3.05) is 0 Å². The maximum absolute atomic E-state index is 12.4. The molecular formula is C20H18NO+. The van der Waals surface area contributed by atoms with Gasteiger partial charge in [0, 0.05) is 35.7 Å². The fourth-order valence-electron chi connectivity index (χ4n) is 2.45. The van der Waals surface area contributed by atoms with Crippen LogP contribution in [0.25, 0.3) is 0 Å². The maximum Gasteiger partial charge on any atom is 0.193 e. The summed E-state index contributed by atoms with van der Waals surface area (Å²) in [5.74, 6) is 0.0655. The first-order valence-corrected chi connectivity index (χ1v) is 7.38. The lowest BCUT2D eigenvalue weighted by Crippen LogP contribution is -2.36. The van der Waals surface area contributed by atoms with Crippen molar-refractivity contribution in [1.82, 2.24) is 0 Å². The lowest BCUT2D eigenvalue weighted by atomic mass is 10.0. The minimum absolute atomic E-state index is 0.0655. The van der Waals surface area contributed by atoms with Gasteiger partial charge in [-0.05, 0) is 0 Å². The number of carbonyl (C=O) groups excluding carboxylic acids is 1. The van der Waals surface area contributed by atoms with E-state index in [1.54, 1.807) is 0 Å². The summed E-state index contributed by atoms with van der Waals surface area (Å²) in [5, 5.41) is 0. The smallest absolute Gasteiger partial charge is 0.193 e. The van der Waals surface area contributed by atoms with E-state index in [1.165, 1.54) is 11.3 Å². The second-order valence-electron chi connectivity index (χ2n) is 5.36. The van der Waals surface area contributed by atoms with Crippen molar-refractivity contribution in [2.24, 2.45) is 0 Å². The highest BCUT2D eigenvalue weighted by atomic mass is 16.1. The van der Waals surface area contributed by atoms with Crippen LogP contribution in [-0.4, -0.2) is 5.78 Å². The largest absolute Gasteiger partial charge is 0.289 e. The van der Waals surface area contributed by atoms with E-state index in [4.69, 9.17) is 0 Å². The highest BCUT2D eigenvalue weighted by Gasteiger charge is 2.10. The molecule has 0 aliphatic heterocycles. The number of hydrogen-bond donors (Lipinski definition) is 0. The van der Waals surface area contributed by atoms with Crippen LogP contribution >= 0.6 is 0 Å². The average Bonchev–Trinajstić information content (AvgIpc) is 2.58. The van der Waals surface area contributed by atoms with Gasteiger partial charge in [-0.1, -0.05) is 60.7 Å². The molecule has 0 saturated heterocycles. The summed E-state index contributed by atoms with van der Waals surface area (Å²) in [5.41, 5.74) is 3.85. The molecule has 3 aromatic rings. The quantitative estimate of drug-likeness (QED) is 0.531. The zero-order valence-corrected chi connectivity index (χ0v) is 12.6. The van der Waals surface area contributed by atoms with Crippen LogP contribution in [0.1, 0.15) is 27.2 Å². The molecule has 1 aromatic heterocycles. The topological polar surface area (TPSA) is 20.9 Å². The number of aryl methyl sites for hydroxylation is 1. The van der Waals surface area contributed by atoms with E-state index in [9.17, 15) is 4.79 Å². The molecular weight excluding hydrogens is 270 g/mol. The number of hydrogen-bond acceptors (Lipinski definition) is 1. The molecule has 22 heavy (non-hydrogen) atoms. The summed E-state index contributed by atoms with van der Waals surface area (Å²) in [6.45, 7) is 2.90. The molecule has 1 heterocycles. The van der Waals surface area contributed by atoms with Gasteiger partial charge in [-0.2, -0.15) is 4.57 Å². The molecule has 0 unspecified atom stereocenters. The molecule has 0 atom stereocenters. The Labute approximate surface area is 130 Å². The van der Waals surface area contributed by atoms with Gasteiger partial charge in [0.2, 0.25) is 0 Å². The summed E-state index contributed by atoms with van der Waals surface area (Å²) < 4.78 is 2.19. The molecule has 0 amide bonds. The first-order valence-electron chi connectivity index (χ1n) is 7.38. The Morgan fingerprint density at radius 2 is 1.45 bits per heavy atom. The first kappa shape index (κ1) is 14.2. The molecule has 3 rings (SSSR count). The third-order valence-corrected chi connectivity index (χ3v) is 3.77. The fraction of sp³-hybridized carbons (Fsp3) is 0.100. The minimum Gasteiger partial charge on any atom is -0.289 e. The molecule has 108 valence electrons. The van der Waals surface area contributed by atoms with E-state index in [-0.39, 0.29) is 5.78 Å². The number of aromatic nitrogens is 1. The summed E-state index contributed by atoms with van der Waals surface area (Å²) in [6, 6.07) is 23.4. The highest BCUT2D eigenvalue weighted by molar-refractivity contribution is 6.08. The number of carbonyl (C=O) groups is 1. The van der Waals surface area contributed by atoms with Crippen LogP contribution in [-0.2, 0) is 6.54 Å². The Hall–Kier alpha value is -2.74. The van der Waals surface area contributed by atoms with Gasteiger partial charge in [-0.3, -0.25) is 4.79 Å². The summed E-state index contributed by atoms with van der Waals surface area (Å²) in [4.78, 5) is 12.4. The molecule has 0 aliphatic carbocycles. The molecule has 0 fully saturated rings. The highest BCUT2D eigenvalue weighted by Crippen LogP contribution is 2.11. The Morgan fingerprint density at radius 1 is 0.818 bits per heavy atom. The number of pyridine rings is 1. The monoisotopic (exact) mass is 288 g/mol. The molecule has 0 N–H and O–H groups in total. The third kappa shape index (κ3) is 3.12. The predicted octanol–water partition coefficient (Wildman–Crippen LogP) is 3.56. The zero-order valence-electron chi connectivity index (χ0n) is 12.6. The SMILES string of the molecule is Cc1cccc[n+]1Cc1ccc(C(=O)c2ccccc2)cc1. The minimum atomic E-state index is 0.0655. The molecule has 0 bridgehead atoms. The Bertz CT molecular complexity index is 776. The second-order valence-corrected chi connectivity index (χ2v) is 5.36. The first-order chi connectivity index (χ1) is 10.7. The standard InChI is InChI=1S/C20H18NO/c1-16-7-5-6-14-21(16)15-17-10-12-19(13-11-17)20(22)18-8-3-2-4-9-18/h2-14H,15H2,1H3/q+1. The van der Waals surface area contributed by atoms with Gasteiger partial charge in [0.1, 0.15) is 0 Å². The van der Waals surface area contributed by atoms with Crippen molar-refractivity contribution >= 4 is 5.78 Å². The van der Waals surface area contributed by atoms with E-state index >= 15 is 0 Å². The number of benzene rings is 2. The molecule has 2 heteroatoms. The van der Waals surface area contributed by atoms with E-state index in [1.807, 2.05) is 66.7 Å². The number of ketones is 1. The van der Waals surface area contributed by atoms with Gasteiger partial charge in [0.25, 0.3) is 0 Å². The normalized spacial score (nSPS) is 10.4. The Morgan fingerprint density at radius 3 is 2.14 bits per heavy atom. The summed E-state index contributed by atoms with van der Waals surface area (Å²) in [6.07, 6.45) is 2.07. The van der Waals surface area contributed by atoms with E-state index in [2.05, 4.69) is 23.8 Å². The molecule has 2 aromatic carbocycles. The van der Waals surface area contributed by atoms with Gasteiger partial charge in [-0.15, -0.1) is 0 Å². The molecule has 2 nitrogen and oxygen atoms in total. The average molecular weight is 288 g/mol. The Balaban J connectivity index is 1.79. The van der Waals surface area contributed by atoms with Crippen LogP contribution < -0.4 is 4.57 Å². The van der Waals surface area contributed by atoms with Crippen LogP contribution in [0.3, 0.4) is 0 Å². The van der Waals surface area contributed by atoms with Crippen molar-refractivity contribution < 1.29 is 9.36 Å². The maximum atomic E-state index is 12.4. The predicted molar refractivity (Wildman–Crippen MR) is 86.8 cm³/mol. The van der Waals surface area contributed by atoms with Crippen molar-refractivity contribution in [3.05, 3.63) is 101 Å². The van der Waals surface area contributed by atoms with Gasteiger partial charge >= 0.3 is 0 Å². The molecule has 0 aliphatic rings. The third-order valence-electron chi connectivity index (χ3n) is 3.77. The number of rotatable bonds is 4. The van der Waals surface area contributed by atoms with Crippen molar-refractivity contribution in [2.45, 2.75) is 13.5 Å². The lowest BCUT2D eigenvalue weighted by Gasteiger charge is -2.03. The summed E-state index contributed by atoms with van der Waals surface area (Å²) >= 11 is 0. The van der Waals surface area contributed by atoms with Gasteiger partial charge in [-0.25, -0.2) is 0 Å². The van der Waals surface area contributed by atoms with E-state index in [0.717, 1.165) is 17.7 Å². The van der Waals surface area contributed by atoms with Crippen LogP contribution in [0.4, 0.5) is 0 Å². The van der Waals surface area contributed by atoms with Gasteiger partial charge in [0.15, 0.2) is 24.2 Å². The van der Waals surface area contributed by atoms with E-state index in [0.29, 0.717) is 0 Å². The van der Waals surface area contributed by atoms with Crippen LogP contribution in [0.5, 0.6) is 0 Å². The number of nitrogens with zero attached hydrogens (tertiary/aromatic N) is 1. The van der Waals surface area contributed by atoms with Crippen LogP contribution in [0.2, 0.25) is 0 Å². The lowest BCUT2D eigenvalue weighted by molar-refractivity contribution is -0.694. The second kappa shape index (κ2) is 6.35. The molecule has 0 radical (unpaired) electrons. The fourth-order valence-corrected chi connectivity index (χ4v) is 2.45. The zero-order chi connectivity index (χ0) is 15.4. The summed E-state index contributed by atoms with van der Waals surface area (Å²) in [7, 11) is 0. The van der Waals surface area contributed by atoms with Crippen LogP contribution in [0, 0.1) is 6.92 Å². The Kier molecular flexibility index (Phi) is 4.10. The van der Waals surface area contributed by atoms with Gasteiger partial charge in [0.05, 0.1) is 0 Å². The van der Waals surface area contributed by atoms with Crippen molar-refractivity contribution in [3.63, 3.8) is 0 Å². The van der Waals surface area contributed by atoms with Crippen LogP contribution in [0.15, 0.2) is 79.0 Å².